The third kappa shape index (κ3) is 4.52. The highest BCUT2D eigenvalue weighted by Crippen LogP contribution is 2.29. The van der Waals surface area contributed by atoms with Gasteiger partial charge >= 0.3 is 5.97 Å². The van der Waals surface area contributed by atoms with Crippen LogP contribution in [-0.2, 0) is 23.0 Å². The summed E-state index contributed by atoms with van der Waals surface area (Å²) in [6, 6.07) is 1.76. The van der Waals surface area contributed by atoms with Crippen LogP contribution in [0.3, 0.4) is 0 Å². The minimum atomic E-state index is -0.427. The zero-order valence-electron chi connectivity index (χ0n) is 13.0. The highest BCUT2D eigenvalue weighted by Gasteiger charge is 2.19. The zero-order valence-corrected chi connectivity index (χ0v) is 14.7. The predicted octanol–water partition coefficient (Wildman–Crippen LogP) is 1.74. The van der Waals surface area contributed by atoms with Crippen LogP contribution in [-0.4, -0.2) is 44.4 Å². The van der Waals surface area contributed by atoms with Gasteiger partial charge in [-0.15, -0.1) is 16.4 Å². The summed E-state index contributed by atoms with van der Waals surface area (Å²) in [5.74, 6) is -0.507. The molecule has 0 unspecified atom stereocenters. The summed E-state index contributed by atoms with van der Waals surface area (Å²) < 4.78 is 6.51. The Morgan fingerprint density at radius 1 is 1.43 bits per heavy atom. The van der Waals surface area contributed by atoms with Crippen LogP contribution >= 0.6 is 23.1 Å². The van der Waals surface area contributed by atoms with Crippen LogP contribution < -0.4 is 5.32 Å². The van der Waals surface area contributed by atoms with E-state index < -0.39 is 5.97 Å². The van der Waals surface area contributed by atoms with Crippen molar-refractivity contribution in [1.82, 2.24) is 20.2 Å². The molecule has 2 aromatic rings. The molecule has 0 aliphatic heterocycles. The van der Waals surface area contributed by atoms with Gasteiger partial charge in [0.05, 0.1) is 17.9 Å². The highest BCUT2D eigenvalue weighted by molar-refractivity contribution is 7.99. The van der Waals surface area contributed by atoms with E-state index >= 15 is 0 Å². The average Bonchev–Trinajstić information content (AvgIpc) is 3.11. The summed E-state index contributed by atoms with van der Waals surface area (Å²) in [7, 11) is 1.70. The van der Waals surface area contributed by atoms with E-state index in [1.54, 1.807) is 20.0 Å². The predicted molar refractivity (Wildman–Crippen MR) is 87.8 cm³/mol. The standard InChI is InChI=1S/C13H17N5O3S2/c1-4-8-6-9(12(20)21-5-2)11(23-8)14-10(19)7-22-13-15-16-17-18(13)3/h6H,4-5,7H2,1-3H3,(H,14,19). The van der Waals surface area contributed by atoms with E-state index in [0.717, 1.165) is 11.3 Å². The molecular formula is C13H17N5O3S2. The molecular weight excluding hydrogens is 338 g/mol. The molecule has 0 spiro atoms. The number of anilines is 1. The van der Waals surface area contributed by atoms with Gasteiger partial charge in [0.15, 0.2) is 0 Å². The van der Waals surface area contributed by atoms with Crippen molar-refractivity contribution in [2.45, 2.75) is 25.4 Å². The van der Waals surface area contributed by atoms with Gasteiger partial charge in [0.2, 0.25) is 11.1 Å². The lowest BCUT2D eigenvalue weighted by Gasteiger charge is -2.05. The Hall–Kier alpha value is -1.94. The minimum Gasteiger partial charge on any atom is -0.462 e. The third-order valence-electron chi connectivity index (χ3n) is 2.79. The smallest absolute Gasteiger partial charge is 0.341 e. The Kier molecular flexibility index (Phi) is 6.11. The van der Waals surface area contributed by atoms with Crippen LogP contribution in [0.25, 0.3) is 0 Å². The SMILES string of the molecule is CCOC(=O)c1cc(CC)sc1NC(=O)CSc1nnnn1C. The lowest BCUT2D eigenvalue weighted by Crippen LogP contribution is -2.16. The third-order valence-corrected chi connectivity index (χ3v) is 5.00. The number of ether oxygens (including phenoxy) is 1. The van der Waals surface area contributed by atoms with Crippen LogP contribution in [0, 0.1) is 0 Å². The summed E-state index contributed by atoms with van der Waals surface area (Å²) >= 11 is 2.60. The molecule has 0 saturated heterocycles. The molecule has 2 rings (SSSR count). The number of nitrogens with zero attached hydrogens (tertiary/aromatic N) is 4. The van der Waals surface area contributed by atoms with E-state index in [0.29, 0.717) is 22.3 Å². The quantitative estimate of drug-likeness (QED) is 0.596. The molecule has 0 aliphatic carbocycles. The maximum absolute atomic E-state index is 12.1. The van der Waals surface area contributed by atoms with Gasteiger partial charge < -0.3 is 10.1 Å². The number of carbonyl (C=O) groups excluding carboxylic acids is 2. The van der Waals surface area contributed by atoms with E-state index in [9.17, 15) is 9.59 Å². The fourth-order valence-corrected chi connectivity index (χ4v) is 3.36. The topological polar surface area (TPSA) is 99.0 Å². The molecule has 0 bridgehead atoms. The highest BCUT2D eigenvalue weighted by atomic mass is 32.2. The van der Waals surface area contributed by atoms with Gasteiger partial charge in [-0.05, 0) is 29.8 Å². The number of hydrogen-bond donors (Lipinski definition) is 1. The van der Waals surface area contributed by atoms with E-state index in [2.05, 4.69) is 20.8 Å². The average molecular weight is 355 g/mol. The van der Waals surface area contributed by atoms with Gasteiger partial charge in [0.1, 0.15) is 5.00 Å². The lowest BCUT2D eigenvalue weighted by molar-refractivity contribution is -0.113. The van der Waals surface area contributed by atoms with Gasteiger partial charge in [-0.1, -0.05) is 18.7 Å². The number of amides is 1. The van der Waals surface area contributed by atoms with E-state index in [1.807, 2.05) is 6.92 Å². The van der Waals surface area contributed by atoms with Gasteiger partial charge in [-0.3, -0.25) is 4.79 Å². The first kappa shape index (κ1) is 17.4. The van der Waals surface area contributed by atoms with Crippen molar-refractivity contribution in [2.24, 2.45) is 7.05 Å². The van der Waals surface area contributed by atoms with Crippen LogP contribution in [0.4, 0.5) is 5.00 Å². The minimum absolute atomic E-state index is 0.149. The number of aryl methyl sites for hydroxylation is 2. The molecule has 23 heavy (non-hydrogen) atoms. The molecule has 1 amide bonds. The van der Waals surface area contributed by atoms with Crippen molar-refractivity contribution >= 4 is 40.0 Å². The van der Waals surface area contributed by atoms with Crippen LogP contribution in [0.1, 0.15) is 29.1 Å². The lowest BCUT2D eigenvalue weighted by atomic mass is 10.2. The van der Waals surface area contributed by atoms with Crippen molar-refractivity contribution < 1.29 is 14.3 Å². The van der Waals surface area contributed by atoms with E-state index in [-0.39, 0.29) is 11.7 Å². The zero-order chi connectivity index (χ0) is 16.8. The number of hydrogen-bond acceptors (Lipinski definition) is 8. The Morgan fingerprint density at radius 3 is 2.83 bits per heavy atom. The van der Waals surface area contributed by atoms with Gasteiger partial charge in [0, 0.05) is 11.9 Å². The summed E-state index contributed by atoms with van der Waals surface area (Å²) in [5, 5.41) is 14.8. The Balaban J connectivity index is 2.03. The summed E-state index contributed by atoms with van der Waals surface area (Å²) in [6.45, 7) is 4.02. The molecule has 8 nitrogen and oxygen atoms in total. The van der Waals surface area contributed by atoms with Gasteiger partial charge in [-0.2, -0.15) is 0 Å². The summed E-state index contributed by atoms with van der Waals surface area (Å²) in [4.78, 5) is 25.1. The molecule has 0 fully saturated rings. The van der Waals surface area contributed by atoms with Gasteiger partial charge in [-0.25, -0.2) is 9.48 Å². The number of rotatable bonds is 7. The van der Waals surface area contributed by atoms with Crippen molar-refractivity contribution in [3.63, 3.8) is 0 Å². The Bertz CT molecular complexity index is 698. The molecule has 1 N–H and O–H groups in total. The molecule has 0 aliphatic rings. The maximum Gasteiger partial charge on any atom is 0.341 e. The fraction of sp³-hybridized carbons (Fsp3) is 0.462. The number of thioether (sulfide) groups is 1. The first-order chi connectivity index (χ1) is 11.0. The first-order valence-electron chi connectivity index (χ1n) is 7.00. The molecule has 0 saturated carbocycles. The van der Waals surface area contributed by atoms with Crippen molar-refractivity contribution in [3.8, 4) is 0 Å². The molecule has 0 aromatic carbocycles. The molecule has 2 aromatic heterocycles. The number of carbonyl (C=O) groups is 2. The second-order valence-corrected chi connectivity index (χ2v) is 6.53. The first-order valence-corrected chi connectivity index (χ1v) is 8.80. The monoisotopic (exact) mass is 355 g/mol. The van der Waals surface area contributed by atoms with Crippen molar-refractivity contribution in [1.29, 1.82) is 0 Å². The van der Waals surface area contributed by atoms with Crippen LogP contribution in [0.2, 0.25) is 0 Å². The molecule has 0 atom stereocenters. The van der Waals surface area contributed by atoms with E-state index in [1.165, 1.54) is 27.8 Å². The number of aromatic nitrogens is 4. The summed E-state index contributed by atoms with van der Waals surface area (Å²) in [6.07, 6.45) is 0.784. The van der Waals surface area contributed by atoms with Gasteiger partial charge in [0.25, 0.3) is 0 Å². The second-order valence-electron chi connectivity index (χ2n) is 4.45. The Labute approximate surface area is 141 Å². The van der Waals surface area contributed by atoms with Crippen molar-refractivity contribution in [2.75, 3.05) is 17.7 Å². The number of nitrogens with one attached hydrogen (secondary N) is 1. The maximum atomic E-state index is 12.1. The second kappa shape index (κ2) is 8.06. The molecule has 2 heterocycles. The fourth-order valence-electron chi connectivity index (χ4n) is 1.71. The largest absolute Gasteiger partial charge is 0.462 e. The van der Waals surface area contributed by atoms with Crippen LogP contribution in [0.15, 0.2) is 11.2 Å². The molecule has 0 radical (unpaired) electrons. The number of tetrazole rings is 1. The number of thiophene rings is 1. The number of esters is 1. The summed E-state index contributed by atoms with van der Waals surface area (Å²) in [5.41, 5.74) is 0.396. The van der Waals surface area contributed by atoms with E-state index in [4.69, 9.17) is 4.74 Å². The van der Waals surface area contributed by atoms with Crippen LogP contribution in [0.5, 0.6) is 0 Å². The molecule has 124 valence electrons. The Morgan fingerprint density at radius 2 is 2.22 bits per heavy atom. The molecule has 10 heteroatoms. The normalized spacial score (nSPS) is 10.6. The van der Waals surface area contributed by atoms with Crippen molar-refractivity contribution in [3.05, 3.63) is 16.5 Å².